The Hall–Kier alpha value is -1.98. The van der Waals surface area contributed by atoms with E-state index in [1.807, 2.05) is 49.4 Å². The average molecular weight is 386 g/mol. The van der Waals surface area contributed by atoms with E-state index in [1.165, 1.54) is 0 Å². The van der Waals surface area contributed by atoms with Gasteiger partial charge in [-0.25, -0.2) is 8.42 Å². The van der Waals surface area contributed by atoms with Crippen LogP contribution in [0.5, 0.6) is 0 Å². The number of sulfonamides is 1. The summed E-state index contributed by atoms with van der Waals surface area (Å²) in [5, 5.41) is 0. The molecule has 5 heteroatoms. The van der Waals surface area contributed by atoms with Gasteiger partial charge in [0.05, 0.1) is 4.90 Å². The van der Waals surface area contributed by atoms with Gasteiger partial charge in [0, 0.05) is 24.6 Å². The Bertz CT molecular complexity index is 860. The molecule has 0 spiro atoms. The van der Waals surface area contributed by atoms with E-state index in [-0.39, 0.29) is 11.7 Å². The van der Waals surface area contributed by atoms with Crippen LogP contribution in [0.15, 0.2) is 59.5 Å². The fourth-order valence-electron chi connectivity index (χ4n) is 3.61. The summed E-state index contributed by atoms with van der Waals surface area (Å²) in [6.07, 6.45) is 4.13. The Morgan fingerprint density at radius 3 is 2.30 bits per heavy atom. The summed E-state index contributed by atoms with van der Waals surface area (Å²) in [4.78, 5) is 13.2. The highest BCUT2D eigenvalue weighted by atomic mass is 32.2. The molecule has 0 aliphatic carbocycles. The largest absolute Gasteiger partial charge is 0.294 e. The number of hydrogen-bond acceptors (Lipinski definition) is 3. The van der Waals surface area contributed by atoms with E-state index in [9.17, 15) is 13.2 Å². The third-order valence-electron chi connectivity index (χ3n) is 5.27. The summed E-state index contributed by atoms with van der Waals surface area (Å²) in [6.45, 7) is 2.85. The van der Waals surface area contributed by atoms with Gasteiger partial charge in [0.25, 0.3) is 0 Å². The van der Waals surface area contributed by atoms with Crippen LogP contribution in [0.4, 0.5) is 0 Å². The van der Waals surface area contributed by atoms with Crippen LogP contribution in [-0.4, -0.2) is 31.6 Å². The molecule has 0 aromatic heterocycles. The smallest absolute Gasteiger partial charge is 0.243 e. The van der Waals surface area contributed by atoms with Crippen molar-refractivity contribution in [3.05, 3.63) is 65.7 Å². The summed E-state index contributed by atoms with van der Waals surface area (Å²) in [5.74, 6) is 0.00593. The van der Waals surface area contributed by atoms with Crippen molar-refractivity contribution < 1.29 is 13.2 Å². The predicted molar refractivity (Wildman–Crippen MR) is 107 cm³/mol. The second-order valence-electron chi connectivity index (χ2n) is 7.28. The van der Waals surface area contributed by atoms with Crippen molar-refractivity contribution in [1.82, 2.24) is 4.31 Å². The van der Waals surface area contributed by atoms with Crippen LogP contribution in [0.25, 0.3) is 0 Å². The molecule has 1 fully saturated rings. The minimum Gasteiger partial charge on any atom is -0.294 e. The zero-order valence-electron chi connectivity index (χ0n) is 15.8. The lowest BCUT2D eigenvalue weighted by atomic mass is 9.90. The van der Waals surface area contributed by atoms with Crippen LogP contribution in [0.3, 0.4) is 0 Å². The van der Waals surface area contributed by atoms with Crippen LogP contribution in [0, 0.1) is 12.8 Å². The molecule has 1 unspecified atom stereocenters. The van der Waals surface area contributed by atoms with Crippen molar-refractivity contribution in [3.8, 4) is 0 Å². The fourth-order valence-corrected chi connectivity index (χ4v) is 5.11. The molecule has 1 aliphatic rings. The summed E-state index contributed by atoms with van der Waals surface area (Å²) in [6, 6.07) is 16.3. The number of hydrogen-bond donors (Lipinski definition) is 0. The minimum absolute atomic E-state index is 0.124. The van der Waals surface area contributed by atoms with E-state index in [2.05, 4.69) is 0 Å². The molecule has 2 aromatic carbocycles. The lowest BCUT2D eigenvalue weighted by Gasteiger charge is -2.23. The molecule has 2 aromatic rings. The standard InChI is InChI=1S/C22H27NO3S/c1-18-11-13-21(14-12-18)27(25,26)23-16-7-3-6-10-20(15-17-23)22(24)19-8-4-2-5-9-19/h2,4-5,8-9,11-14,20H,3,6-7,10,15-17H2,1H3. The van der Waals surface area contributed by atoms with Gasteiger partial charge in [-0.1, -0.05) is 60.9 Å². The molecule has 4 nitrogen and oxygen atoms in total. The topological polar surface area (TPSA) is 54.5 Å². The molecule has 0 bridgehead atoms. The highest BCUT2D eigenvalue weighted by molar-refractivity contribution is 7.89. The average Bonchev–Trinajstić information content (AvgIpc) is 2.81. The summed E-state index contributed by atoms with van der Waals surface area (Å²) < 4.78 is 27.7. The zero-order chi connectivity index (χ0) is 19.3. The molecule has 1 saturated heterocycles. The lowest BCUT2D eigenvalue weighted by Crippen LogP contribution is -2.34. The number of Topliss-reactive ketones (excluding diaryl/α,β-unsaturated/α-hetero) is 1. The third-order valence-corrected chi connectivity index (χ3v) is 7.19. The van der Waals surface area contributed by atoms with E-state index in [0.717, 1.165) is 36.8 Å². The van der Waals surface area contributed by atoms with Crippen LogP contribution in [0.2, 0.25) is 0 Å². The number of aryl methyl sites for hydroxylation is 1. The number of carbonyl (C=O) groups excluding carboxylic acids is 1. The van der Waals surface area contributed by atoms with Crippen LogP contribution in [-0.2, 0) is 10.0 Å². The maximum atomic E-state index is 13.1. The van der Waals surface area contributed by atoms with Crippen LogP contribution >= 0.6 is 0 Å². The maximum Gasteiger partial charge on any atom is 0.243 e. The Morgan fingerprint density at radius 1 is 0.889 bits per heavy atom. The summed E-state index contributed by atoms with van der Waals surface area (Å²) in [5.41, 5.74) is 1.75. The lowest BCUT2D eigenvalue weighted by molar-refractivity contribution is 0.0902. The van der Waals surface area contributed by atoms with Crippen molar-refractivity contribution in [2.24, 2.45) is 5.92 Å². The monoisotopic (exact) mass is 385 g/mol. The first-order chi connectivity index (χ1) is 13.0. The van der Waals surface area contributed by atoms with Crippen molar-refractivity contribution in [1.29, 1.82) is 0 Å². The molecular weight excluding hydrogens is 358 g/mol. The summed E-state index contributed by atoms with van der Waals surface area (Å²) >= 11 is 0. The molecular formula is C22H27NO3S. The Balaban J connectivity index is 1.78. The number of carbonyl (C=O) groups is 1. The normalized spacial score (nSPS) is 19.7. The Kier molecular flexibility index (Phi) is 6.45. The molecule has 1 atom stereocenters. The van der Waals surface area contributed by atoms with Crippen LogP contribution < -0.4 is 0 Å². The highest BCUT2D eigenvalue weighted by Crippen LogP contribution is 2.25. The quantitative estimate of drug-likeness (QED) is 0.731. The third kappa shape index (κ3) is 4.85. The first kappa shape index (κ1) is 19.8. The molecule has 0 radical (unpaired) electrons. The molecule has 27 heavy (non-hydrogen) atoms. The second kappa shape index (κ2) is 8.81. The first-order valence-electron chi connectivity index (χ1n) is 9.64. The van der Waals surface area contributed by atoms with E-state index in [4.69, 9.17) is 0 Å². The van der Waals surface area contributed by atoms with Gasteiger partial charge in [-0.15, -0.1) is 0 Å². The van der Waals surface area contributed by atoms with Gasteiger partial charge in [-0.3, -0.25) is 4.79 Å². The van der Waals surface area contributed by atoms with Gasteiger partial charge in [0.1, 0.15) is 0 Å². The van der Waals surface area contributed by atoms with Gasteiger partial charge >= 0.3 is 0 Å². The number of benzene rings is 2. The van der Waals surface area contributed by atoms with Crippen LogP contribution in [0.1, 0.15) is 48.0 Å². The number of ketones is 1. The van der Waals surface area contributed by atoms with Crippen molar-refractivity contribution >= 4 is 15.8 Å². The molecule has 0 amide bonds. The van der Waals surface area contributed by atoms with Crippen molar-refractivity contribution in [2.45, 2.75) is 43.9 Å². The number of rotatable bonds is 4. The SMILES string of the molecule is Cc1ccc(S(=O)(=O)N2CCCCCC(C(=O)c3ccccc3)CC2)cc1. The van der Waals surface area contributed by atoms with Gasteiger partial charge < -0.3 is 0 Å². The van der Waals surface area contributed by atoms with E-state index < -0.39 is 10.0 Å². The molecule has 0 saturated carbocycles. The minimum atomic E-state index is -3.53. The molecule has 144 valence electrons. The fraction of sp³-hybridized carbons (Fsp3) is 0.409. The van der Waals surface area contributed by atoms with Crippen molar-refractivity contribution in [2.75, 3.05) is 13.1 Å². The Labute approximate surface area is 162 Å². The van der Waals surface area contributed by atoms with E-state index in [1.54, 1.807) is 16.4 Å². The van der Waals surface area contributed by atoms with E-state index in [0.29, 0.717) is 24.4 Å². The van der Waals surface area contributed by atoms with Gasteiger partial charge in [-0.05, 0) is 38.3 Å². The van der Waals surface area contributed by atoms with Gasteiger partial charge in [0.15, 0.2) is 5.78 Å². The number of nitrogens with zero attached hydrogens (tertiary/aromatic N) is 1. The highest BCUT2D eigenvalue weighted by Gasteiger charge is 2.28. The van der Waals surface area contributed by atoms with Gasteiger partial charge in [-0.2, -0.15) is 4.31 Å². The zero-order valence-corrected chi connectivity index (χ0v) is 16.6. The molecule has 3 rings (SSSR count). The second-order valence-corrected chi connectivity index (χ2v) is 9.22. The molecule has 0 N–H and O–H groups in total. The van der Waals surface area contributed by atoms with Crippen molar-refractivity contribution in [3.63, 3.8) is 0 Å². The first-order valence-corrected chi connectivity index (χ1v) is 11.1. The van der Waals surface area contributed by atoms with Gasteiger partial charge in [0.2, 0.25) is 10.0 Å². The van der Waals surface area contributed by atoms with E-state index >= 15 is 0 Å². The maximum absolute atomic E-state index is 13.1. The summed E-state index contributed by atoms with van der Waals surface area (Å²) in [7, 11) is -3.53. The molecule has 1 aliphatic heterocycles. The Morgan fingerprint density at radius 2 is 1.59 bits per heavy atom. The predicted octanol–water partition coefficient (Wildman–Crippen LogP) is 4.45. The molecule has 1 heterocycles.